The second-order valence-corrected chi connectivity index (χ2v) is 12.5. The van der Waals surface area contributed by atoms with E-state index < -0.39 is 0 Å². The molecule has 1 amide bonds. The molecule has 9 heteroatoms. The van der Waals surface area contributed by atoms with Crippen LogP contribution in [0, 0.1) is 5.82 Å². The number of hydrogen-bond donors (Lipinski definition) is 2. The summed E-state index contributed by atoms with van der Waals surface area (Å²) < 4.78 is 31.3. The van der Waals surface area contributed by atoms with Gasteiger partial charge in [-0.25, -0.2) is 4.39 Å². The first-order chi connectivity index (χ1) is 21.5. The van der Waals surface area contributed by atoms with Gasteiger partial charge in [0.2, 0.25) is 0 Å². The number of benzene rings is 3. The fourth-order valence-electron chi connectivity index (χ4n) is 6.08. The Kier molecular flexibility index (Phi) is 9.84. The summed E-state index contributed by atoms with van der Waals surface area (Å²) in [5.74, 6) is 1.87. The molecule has 2 aliphatic heterocycles. The van der Waals surface area contributed by atoms with Crippen molar-refractivity contribution >= 4 is 27.4 Å². The van der Waals surface area contributed by atoms with Crippen molar-refractivity contribution in [1.82, 2.24) is 15.5 Å². The summed E-state index contributed by atoms with van der Waals surface area (Å²) >= 11 is 3.41. The van der Waals surface area contributed by atoms with Crippen molar-refractivity contribution in [2.75, 3.05) is 40.0 Å². The number of carbonyl (C=O) groups is 1. The molecule has 0 spiro atoms. The van der Waals surface area contributed by atoms with Crippen molar-refractivity contribution in [3.8, 4) is 17.2 Å². The first-order valence-electron chi connectivity index (χ1n) is 15.4. The topological polar surface area (TPSA) is 72.1 Å². The van der Waals surface area contributed by atoms with Gasteiger partial charge in [0.05, 0.1) is 30.8 Å². The van der Waals surface area contributed by atoms with Crippen LogP contribution >= 0.6 is 15.9 Å². The van der Waals surface area contributed by atoms with Crippen LogP contribution in [0.25, 0.3) is 5.57 Å². The molecule has 2 N–H and O–H groups in total. The fraction of sp³-hybridized carbons (Fsp3) is 0.400. The van der Waals surface area contributed by atoms with Gasteiger partial charge in [0.15, 0.2) is 0 Å². The van der Waals surface area contributed by atoms with Gasteiger partial charge in [-0.3, -0.25) is 4.79 Å². The van der Waals surface area contributed by atoms with Crippen molar-refractivity contribution < 1.29 is 23.4 Å². The minimum atomic E-state index is -0.314. The van der Waals surface area contributed by atoms with Gasteiger partial charge in [0.25, 0.3) is 5.91 Å². The molecule has 2 unspecified atom stereocenters. The van der Waals surface area contributed by atoms with E-state index in [1.807, 2.05) is 29.2 Å². The van der Waals surface area contributed by atoms with Crippen LogP contribution in [0.5, 0.6) is 17.2 Å². The molecule has 7 nitrogen and oxygen atoms in total. The third kappa shape index (κ3) is 7.45. The molecule has 6 rings (SSSR count). The lowest BCUT2D eigenvalue weighted by Gasteiger charge is -2.40. The van der Waals surface area contributed by atoms with Gasteiger partial charge in [0.1, 0.15) is 29.7 Å². The second kappa shape index (κ2) is 14.1. The Bertz CT molecular complexity index is 1480. The number of rotatable bonds is 13. The molecule has 1 saturated heterocycles. The van der Waals surface area contributed by atoms with Crippen LogP contribution in [0.1, 0.15) is 36.8 Å². The number of amides is 1. The number of carbonyl (C=O) groups excluding carboxylic acids is 1. The summed E-state index contributed by atoms with van der Waals surface area (Å²) in [6.45, 7) is 3.10. The summed E-state index contributed by atoms with van der Waals surface area (Å²) in [6, 6.07) is 21.2. The van der Waals surface area contributed by atoms with Gasteiger partial charge in [-0.2, -0.15) is 0 Å². The Balaban J connectivity index is 1.13. The standard InChI is InChI=1S/C35H39BrFN3O4/c1-42-28-11-13-29(14-12-28)43-18-16-40(27-9-10-27)35(41)34-30(20-26-21-38-22-32(34)39-26)24-6-4-23(5-7-24)3-2-17-44-33-19-25(37)8-15-31(33)36/h4-8,11-15,19,26-27,32,38-39H,2-3,9-10,16-18,20-22H2,1H3. The highest BCUT2D eigenvalue weighted by Crippen LogP contribution is 2.36. The van der Waals surface area contributed by atoms with Crippen LogP contribution in [0.15, 0.2) is 76.8 Å². The number of halogens is 2. The molecule has 1 aliphatic carbocycles. The van der Waals surface area contributed by atoms with Crippen molar-refractivity contribution in [3.05, 3.63) is 93.7 Å². The average molecular weight is 665 g/mol. The van der Waals surface area contributed by atoms with Crippen LogP contribution in [-0.4, -0.2) is 68.9 Å². The minimum Gasteiger partial charge on any atom is -0.497 e. The maximum absolute atomic E-state index is 14.3. The van der Waals surface area contributed by atoms with Crippen LogP contribution in [0.3, 0.4) is 0 Å². The zero-order valence-electron chi connectivity index (χ0n) is 25.0. The van der Waals surface area contributed by atoms with Crippen molar-refractivity contribution in [2.24, 2.45) is 0 Å². The molecule has 2 fully saturated rings. The molecule has 1 saturated carbocycles. The number of nitrogens with zero attached hydrogens (tertiary/aromatic N) is 1. The number of fused-ring (bicyclic) bond motifs is 2. The lowest BCUT2D eigenvalue weighted by Crippen LogP contribution is -2.60. The van der Waals surface area contributed by atoms with Gasteiger partial charge in [0, 0.05) is 36.8 Å². The number of hydrogen-bond acceptors (Lipinski definition) is 6. The molecule has 2 bridgehead atoms. The third-order valence-electron chi connectivity index (χ3n) is 8.50. The Hall–Kier alpha value is -3.40. The number of methoxy groups -OCH3 is 1. The zero-order valence-corrected chi connectivity index (χ0v) is 26.6. The molecule has 3 aromatic carbocycles. The van der Waals surface area contributed by atoms with Crippen molar-refractivity contribution in [2.45, 2.75) is 50.2 Å². The molecule has 0 aromatic heterocycles. The van der Waals surface area contributed by atoms with Gasteiger partial charge in [-0.15, -0.1) is 0 Å². The number of ether oxygens (including phenoxy) is 3. The first kappa shape index (κ1) is 30.6. The number of piperazine rings is 1. The Morgan fingerprint density at radius 2 is 1.75 bits per heavy atom. The predicted molar refractivity (Wildman–Crippen MR) is 173 cm³/mol. The highest BCUT2D eigenvalue weighted by atomic mass is 79.9. The number of nitrogens with one attached hydrogen (secondary N) is 2. The van der Waals surface area contributed by atoms with Crippen molar-refractivity contribution in [3.63, 3.8) is 0 Å². The third-order valence-corrected chi connectivity index (χ3v) is 9.16. The summed E-state index contributed by atoms with van der Waals surface area (Å²) in [5, 5.41) is 7.23. The zero-order chi connectivity index (χ0) is 30.5. The molecular weight excluding hydrogens is 625 g/mol. The Morgan fingerprint density at radius 3 is 2.50 bits per heavy atom. The monoisotopic (exact) mass is 663 g/mol. The molecule has 3 aromatic rings. The molecule has 2 heterocycles. The fourth-order valence-corrected chi connectivity index (χ4v) is 6.44. The van der Waals surface area contributed by atoms with E-state index in [0.29, 0.717) is 31.5 Å². The van der Waals surface area contributed by atoms with Gasteiger partial charge in [-0.05, 0) is 101 Å². The highest BCUT2D eigenvalue weighted by molar-refractivity contribution is 9.10. The summed E-state index contributed by atoms with van der Waals surface area (Å²) in [5.41, 5.74) is 4.35. The second-order valence-electron chi connectivity index (χ2n) is 11.6. The van der Waals surface area contributed by atoms with Crippen LogP contribution in [0.4, 0.5) is 4.39 Å². The summed E-state index contributed by atoms with van der Waals surface area (Å²) in [4.78, 5) is 16.3. The first-order valence-corrected chi connectivity index (χ1v) is 16.2. The number of aryl methyl sites for hydroxylation is 1. The molecule has 3 aliphatic rings. The smallest absolute Gasteiger partial charge is 0.252 e. The van der Waals surface area contributed by atoms with E-state index in [2.05, 4.69) is 50.8 Å². The maximum Gasteiger partial charge on any atom is 0.252 e. The van der Waals surface area contributed by atoms with Crippen LogP contribution in [-0.2, 0) is 11.2 Å². The van der Waals surface area contributed by atoms with Gasteiger partial charge >= 0.3 is 0 Å². The Labute approximate surface area is 266 Å². The summed E-state index contributed by atoms with van der Waals surface area (Å²) in [7, 11) is 1.64. The normalized spacial score (nSPS) is 19.4. The largest absolute Gasteiger partial charge is 0.497 e. The SMILES string of the molecule is COc1ccc(OCCN(C(=O)C2=C(c3ccc(CCCOc4cc(F)ccc4Br)cc3)CC3CNCC2N3)C2CC2)cc1. The lowest BCUT2D eigenvalue weighted by atomic mass is 9.83. The van der Waals surface area contributed by atoms with Gasteiger partial charge < -0.3 is 29.7 Å². The van der Waals surface area contributed by atoms with E-state index in [0.717, 1.165) is 77.9 Å². The van der Waals surface area contributed by atoms with E-state index >= 15 is 0 Å². The molecule has 2 atom stereocenters. The average Bonchev–Trinajstić information content (AvgIpc) is 3.89. The van der Waals surface area contributed by atoms with Crippen molar-refractivity contribution in [1.29, 1.82) is 0 Å². The molecule has 0 radical (unpaired) electrons. The predicted octanol–water partition coefficient (Wildman–Crippen LogP) is 5.77. The summed E-state index contributed by atoms with van der Waals surface area (Å²) in [6.07, 6.45) is 4.53. The molecular formula is C35H39BrFN3O4. The van der Waals surface area contributed by atoms with E-state index in [1.54, 1.807) is 13.2 Å². The Morgan fingerprint density at radius 1 is 0.977 bits per heavy atom. The van der Waals surface area contributed by atoms with E-state index in [9.17, 15) is 9.18 Å². The molecule has 232 valence electrons. The van der Waals surface area contributed by atoms with Crippen LogP contribution < -0.4 is 24.8 Å². The quantitative estimate of drug-likeness (QED) is 0.227. The van der Waals surface area contributed by atoms with E-state index in [4.69, 9.17) is 14.2 Å². The minimum absolute atomic E-state index is 0.0206. The van der Waals surface area contributed by atoms with Gasteiger partial charge in [-0.1, -0.05) is 24.3 Å². The maximum atomic E-state index is 14.3. The molecule has 44 heavy (non-hydrogen) atoms. The lowest BCUT2D eigenvalue weighted by molar-refractivity contribution is -0.128. The highest BCUT2D eigenvalue weighted by Gasteiger charge is 2.40. The van der Waals surface area contributed by atoms with Crippen LogP contribution in [0.2, 0.25) is 0 Å². The van der Waals surface area contributed by atoms with E-state index in [-0.39, 0.29) is 23.8 Å². The van der Waals surface area contributed by atoms with E-state index in [1.165, 1.54) is 17.7 Å².